The molecule has 0 aliphatic rings. The highest BCUT2D eigenvalue weighted by molar-refractivity contribution is 7.89. The zero-order valence-electron chi connectivity index (χ0n) is 13.4. The van der Waals surface area contributed by atoms with Crippen LogP contribution in [0, 0.1) is 5.92 Å². The average molecular weight is 314 g/mol. The Bertz CT molecular complexity index is 537. The minimum Gasteiger partial charge on any atom is -0.389 e. The lowest BCUT2D eigenvalue weighted by Crippen LogP contribution is -2.44. The third-order valence-electron chi connectivity index (χ3n) is 3.35. The van der Waals surface area contributed by atoms with Gasteiger partial charge in [0.2, 0.25) is 10.0 Å². The molecule has 5 nitrogen and oxygen atoms in total. The SMILES string of the molecule is CC(O)c1ccc(S(=O)(=O)NC(CN(C)C)C(C)C)cc1. The molecule has 0 fully saturated rings. The molecule has 1 rings (SSSR count). The third-order valence-corrected chi connectivity index (χ3v) is 4.85. The van der Waals surface area contributed by atoms with E-state index in [1.165, 1.54) is 12.1 Å². The topological polar surface area (TPSA) is 69.6 Å². The second-order valence-corrected chi connectivity index (χ2v) is 7.69. The number of nitrogens with one attached hydrogen (secondary N) is 1. The first-order chi connectivity index (χ1) is 9.63. The van der Waals surface area contributed by atoms with Gasteiger partial charge in [0.05, 0.1) is 11.0 Å². The van der Waals surface area contributed by atoms with Gasteiger partial charge >= 0.3 is 0 Å². The summed E-state index contributed by atoms with van der Waals surface area (Å²) in [5.41, 5.74) is 0.697. The van der Waals surface area contributed by atoms with Crippen LogP contribution in [0.15, 0.2) is 29.2 Å². The zero-order valence-corrected chi connectivity index (χ0v) is 14.2. The number of nitrogens with zero attached hydrogens (tertiary/aromatic N) is 1. The fourth-order valence-electron chi connectivity index (χ4n) is 1.97. The highest BCUT2D eigenvalue weighted by atomic mass is 32.2. The Balaban J connectivity index is 2.93. The lowest BCUT2D eigenvalue weighted by molar-refractivity contribution is 0.199. The van der Waals surface area contributed by atoms with Crippen molar-refractivity contribution in [1.29, 1.82) is 0 Å². The first-order valence-corrected chi connectivity index (χ1v) is 8.57. The molecule has 0 aliphatic carbocycles. The van der Waals surface area contributed by atoms with E-state index in [4.69, 9.17) is 0 Å². The second kappa shape index (κ2) is 7.35. The summed E-state index contributed by atoms with van der Waals surface area (Å²) in [6.07, 6.45) is -0.605. The summed E-state index contributed by atoms with van der Waals surface area (Å²) in [5.74, 6) is 0.193. The van der Waals surface area contributed by atoms with Crippen molar-refractivity contribution in [3.8, 4) is 0 Å². The number of likely N-dealkylation sites (N-methyl/N-ethyl adjacent to an activating group) is 1. The summed E-state index contributed by atoms with van der Waals surface area (Å²) in [6, 6.07) is 6.17. The van der Waals surface area contributed by atoms with Crippen LogP contribution in [0.3, 0.4) is 0 Å². The number of rotatable bonds is 7. The maximum atomic E-state index is 12.4. The van der Waals surface area contributed by atoms with Crippen LogP contribution < -0.4 is 4.72 Å². The molecule has 2 N–H and O–H groups in total. The fraction of sp³-hybridized carbons (Fsp3) is 0.600. The van der Waals surface area contributed by atoms with Crippen LogP contribution in [0.5, 0.6) is 0 Å². The van der Waals surface area contributed by atoms with Crippen molar-refractivity contribution in [2.45, 2.75) is 37.8 Å². The lowest BCUT2D eigenvalue weighted by atomic mass is 10.1. The minimum atomic E-state index is -3.55. The Labute approximate surface area is 128 Å². The molecule has 0 spiro atoms. The van der Waals surface area contributed by atoms with Crippen LogP contribution in [-0.2, 0) is 10.0 Å². The number of sulfonamides is 1. The molecule has 1 aromatic rings. The van der Waals surface area contributed by atoms with Crippen molar-refractivity contribution in [3.05, 3.63) is 29.8 Å². The number of benzene rings is 1. The van der Waals surface area contributed by atoms with Crippen molar-refractivity contribution in [1.82, 2.24) is 9.62 Å². The normalized spacial score (nSPS) is 15.4. The average Bonchev–Trinajstić information content (AvgIpc) is 2.37. The Hall–Kier alpha value is -0.950. The molecule has 1 aromatic carbocycles. The van der Waals surface area contributed by atoms with Crippen molar-refractivity contribution in [3.63, 3.8) is 0 Å². The van der Waals surface area contributed by atoms with Crippen LogP contribution in [-0.4, -0.2) is 45.1 Å². The van der Waals surface area contributed by atoms with Crippen molar-refractivity contribution in [2.75, 3.05) is 20.6 Å². The largest absolute Gasteiger partial charge is 0.389 e. The molecule has 0 amide bonds. The Morgan fingerprint density at radius 2 is 1.67 bits per heavy atom. The van der Waals surface area contributed by atoms with E-state index in [2.05, 4.69) is 4.72 Å². The van der Waals surface area contributed by atoms with Gasteiger partial charge in [0.15, 0.2) is 0 Å². The van der Waals surface area contributed by atoms with E-state index >= 15 is 0 Å². The van der Waals surface area contributed by atoms with E-state index in [-0.39, 0.29) is 16.9 Å². The molecule has 0 aliphatic heterocycles. The van der Waals surface area contributed by atoms with Crippen molar-refractivity contribution >= 4 is 10.0 Å². The van der Waals surface area contributed by atoms with Gasteiger partial charge in [-0.1, -0.05) is 26.0 Å². The maximum Gasteiger partial charge on any atom is 0.240 e. The summed E-state index contributed by atoms with van der Waals surface area (Å²) in [7, 11) is 0.285. The molecule has 0 saturated carbocycles. The van der Waals surface area contributed by atoms with Gasteiger partial charge in [0.1, 0.15) is 0 Å². The van der Waals surface area contributed by atoms with Gasteiger partial charge < -0.3 is 10.0 Å². The lowest BCUT2D eigenvalue weighted by Gasteiger charge is -2.25. The number of hydrogen-bond donors (Lipinski definition) is 2. The van der Waals surface area contributed by atoms with E-state index < -0.39 is 16.1 Å². The molecule has 120 valence electrons. The van der Waals surface area contributed by atoms with Crippen molar-refractivity contribution in [2.24, 2.45) is 5.92 Å². The predicted molar refractivity (Wildman–Crippen MR) is 84.6 cm³/mol. The molecule has 2 atom stereocenters. The molecule has 6 heteroatoms. The van der Waals surface area contributed by atoms with Crippen LogP contribution in [0.1, 0.15) is 32.4 Å². The van der Waals surface area contributed by atoms with Gasteiger partial charge in [-0.05, 0) is 44.6 Å². The van der Waals surface area contributed by atoms with E-state index in [0.717, 1.165) is 0 Å². The molecule has 21 heavy (non-hydrogen) atoms. The summed E-state index contributed by atoms with van der Waals surface area (Å²) in [6.45, 7) is 6.27. The summed E-state index contributed by atoms with van der Waals surface area (Å²) in [4.78, 5) is 2.18. The predicted octanol–water partition coefficient (Wildman–Crippen LogP) is 1.60. The monoisotopic (exact) mass is 314 g/mol. The van der Waals surface area contributed by atoms with Gasteiger partial charge in [0.25, 0.3) is 0 Å². The van der Waals surface area contributed by atoms with Gasteiger partial charge in [-0.3, -0.25) is 0 Å². The fourth-order valence-corrected chi connectivity index (χ4v) is 3.35. The zero-order chi connectivity index (χ0) is 16.2. The van der Waals surface area contributed by atoms with Crippen LogP contribution >= 0.6 is 0 Å². The van der Waals surface area contributed by atoms with E-state index in [0.29, 0.717) is 12.1 Å². The Morgan fingerprint density at radius 1 is 1.14 bits per heavy atom. The molecule has 2 unspecified atom stereocenters. The Morgan fingerprint density at radius 3 is 2.05 bits per heavy atom. The molecular weight excluding hydrogens is 288 g/mol. The molecule has 0 bridgehead atoms. The first kappa shape index (κ1) is 18.1. The van der Waals surface area contributed by atoms with Crippen LogP contribution in [0.2, 0.25) is 0 Å². The summed E-state index contributed by atoms with van der Waals surface area (Å²) >= 11 is 0. The summed E-state index contributed by atoms with van der Waals surface area (Å²) in [5, 5.41) is 9.46. The Kier molecular flexibility index (Phi) is 6.34. The molecule has 0 heterocycles. The van der Waals surface area contributed by atoms with Gasteiger partial charge in [-0.2, -0.15) is 0 Å². The number of hydrogen-bond acceptors (Lipinski definition) is 4. The molecule has 0 saturated heterocycles. The molecule has 0 radical (unpaired) electrons. The number of aliphatic hydroxyl groups excluding tert-OH is 1. The van der Waals surface area contributed by atoms with Gasteiger partial charge in [-0.15, -0.1) is 0 Å². The standard InChI is InChI=1S/C15H26N2O3S/c1-11(2)15(10-17(4)5)16-21(19,20)14-8-6-13(7-9-14)12(3)18/h6-9,11-12,15-16,18H,10H2,1-5H3. The van der Waals surface area contributed by atoms with Gasteiger partial charge in [-0.25, -0.2) is 13.1 Å². The third kappa shape index (κ3) is 5.39. The van der Waals surface area contributed by atoms with Crippen LogP contribution in [0.4, 0.5) is 0 Å². The minimum absolute atomic E-state index is 0.151. The summed E-state index contributed by atoms with van der Waals surface area (Å²) < 4.78 is 27.6. The highest BCUT2D eigenvalue weighted by Crippen LogP contribution is 2.17. The molecular formula is C15H26N2O3S. The first-order valence-electron chi connectivity index (χ1n) is 7.08. The molecule has 0 aromatic heterocycles. The highest BCUT2D eigenvalue weighted by Gasteiger charge is 2.23. The quantitative estimate of drug-likeness (QED) is 0.802. The smallest absolute Gasteiger partial charge is 0.240 e. The second-order valence-electron chi connectivity index (χ2n) is 5.98. The van der Waals surface area contributed by atoms with E-state index in [1.54, 1.807) is 19.1 Å². The van der Waals surface area contributed by atoms with E-state index in [1.807, 2.05) is 32.8 Å². The number of aliphatic hydroxyl groups is 1. The van der Waals surface area contributed by atoms with Crippen LogP contribution in [0.25, 0.3) is 0 Å². The van der Waals surface area contributed by atoms with Crippen molar-refractivity contribution < 1.29 is 13.5 Å². The maximum absolute atomic E-state index is 12.4. The van der Waals surface area contributed by atoms with E-state index in [9.17, 15) is 13.5 Å². The van der Waals surface area contributed by atoms with Gasteiger partial charge in [0, 0.05) is 12.6 Å².